The molecule has 0 radical (unpaired) electrons. The Morgan fingerprint density at radius 3 is 2.80 bits per heavy atom. The Bertz CT molecular complexity index is 631. The van der Waals surface area contributed by atoms with Gasteiger partial charge in [-0.1, -0.05) is 25.4 Å². The van der Waals surface area contributed by atoms with Crippen molar-refractivity contribution in [2.75, 3.05) is 0 Å². The summed E-state index contributed by atoms with van der Waals surface area (Å²) < 4.78 is 19.9. The molecule has 0 aliphatic heterocycles. The Hall–Kier alpha value is -1.06. The third-order valence-electron chi connectivity index (χ3n) is 3.68. The molecule has 1 fully saturated rings. The molecule has 108 valence electrons. The molecule has 1 aliphatic rings. The highest BCUT2D eigenvalue weighted by Gasteiger charge is 2.23. The van der Waals surface area contributed by atoms with Crippen molar-refractivity contribution < 1.29 is 8.81 Å². The van der Waals surface area contributed by atoms with E-state index in [1.165, 1.54) is 12.8 Å². The normalized spacial score (nSPS) is 15.4. The van der Waals surface area contributed by atoms with Gasteiger partial charge in [0.05, 0.1) is 11.6 Å². The number of hydrogen-bond donors (Lipinski definition) is 1. The standard InChI is InChI=1S/C16H19ClFNO/c1-9(2)7-12-11-5-6-13(17)15(18)16(11)20-14(12)8-19-10-3-4-10/h5-6,9-10,19H,3-4,7-8H2,1-2H3. The molecule has 1 saturated carbocycles. The molecular formula is C16H19ClFNO. The summed E-state index contributed by atoms with van der Waals surface area (Å²) in [5, 5.41) is 4.40. The molecule has 0 atom stereocenters. The van der Waals surface area contributed by atoms with Crippen LogP contribution in [0.25, 0.3) is 11.0 Å². The number of nitrogens with one attached hydrogen (secondary N) is 1. The molecule has 1 aromatic heterocycles. The van der Waals surface area contributed by atoms with Gasteiger partial charge in [0.2, 0.25) is 0 Å². The molecule has 4 heteroatoms. The number of benzene rings is 1. The monoisotopic (exact) mass is 295 g/mol. The van der Waals surface area contributed by atoms with Gasteiger partial charge in [-0.05, 0) is 37.3 Å². The lowest BCUT2D eigenvalue weighted by molar-refractivity contribution is 0.485. The fourth-order valence-electron chi connectivity index (χ4n) is 2.50. The summed E-state index contributed by atoms with van der Waals surface area (Å²) in [5.74, 6) is 0.892. The van der Waals surface area contributed by atoms with E-state index in [1.54, 1.807) is 6.07 Å². The van der Waals surface area contributed by atoms with Crippen LogP contribution in [-0.2, 0) is 13.0 Å². The molecular weight excluding hydrogens is 277 g/mol. The van der Waals surface area contributed by atoms with Crippen LogP contribution in [0.15, 0.2) is 16.5 Å². The zero-order chi connectivity index (χ0) is 14.3. The summed E-state index contributed by atoms with van der Waals surface area (Å²) in [4.78, 5) is 0. The molecule has 1 aromatic carbocycles. The Labute approximate surface area is 123 Å². The Balaban J connectivity index is 2.02. The second-order valence-electron chi connectivity index (χ2n) is 5.99. The van der Waals surface area contributed by atoms with Crippen LogP contribution in [0.3, 0.4) is 0 Å². The van der Waals surface area contributed by atoms with Gasteiger partial charge in [-0.15, -0.1) is 0 Å². The number of halogens is 2. The number of rotatable bonds is 5. The molecule has 2 aromatic rings. The van der Waals surface area contributed by atoms with E-state index in [0.717, 1.165) is 23.1 Å². The van der Waals surface area contributed by atoms with E-state index in [4.69, 9.17) is 16.0 Å². The fourth-order valence-corrected chi connectivity index (χ4v) is 2.65. The number of furan rings is 1. The lowest BCUT2D eigenvalue weighted by Gasteiger charge is -2.06. The molecule has 1 heterocycles. The quantitative estimate of drug-likeness (QED) is 0.866. The summed E-state index contributed by atoms with van der Waals surface area (Å²) >= 11 is 5.84. The Kier molecular flexibility index (Phi) is 3.74. The second-order valence-corrected chi connectivity index (χ2v) is 6.40. The Morgan fingerprint density at radius 2 is 2.15 bits per heavy atom. The van der Waals surface area contributed by atoms with Gasteiger partial charge in [-0.25, -0.2) is 4.39 Å². The molecule has 1 N–H and O–H groups in total. The first kappa shape index (κ1) is 13.9. The summed E-state index contributed by atoms with van der Waals surface area (Å²) in [5.41, 5.74) is 1.40. The maximum absolute atomic E-state index is 14.1. The zero-order valence-electron chi connectivity index (χ0n) is 11.8. The van der Waals surface area contributed by atoms with Crippen molar-refractivity contribution in [1.82, 2.24) is 5.32 Å². The first-order valence-corrected chi connectivity index (χ1v) is 7.55. The van der Waals surface area contributed by atoms with Crippen LogP contribution in [0.2, 0.25) is 5.02 Å². The van der Waals surface area contributed by atoms with Crippen LogP contribution in [0.1, 0.15) is 38.0 Å². The van der Waals surface area contributed by atoms with Gasteiger partial charge < -0.3 is 9.73 Å². The van der Waals surface area contributed by atoms with Crippen molar-refractivity contribution in [3.63, 3.8) is 0 Å². The van der Waals surface area contributed by atoms with Gasteiger partial charge in [0, 0.05) is 17.0 Å². The highest BCUT2D eigenvalue weighted by Crippen LogP contribution is 2.33. The summed E-state index contributed by atoms with van der Waals surface area (Å²) in [6, 6.07) is 4.07. The molecule has 0 unspecified atom stereocenters. The van der Waals surface area contributed by atoms with Crippen molar-refractivity contribution in [2.24, 2.45) is 5.92 Å². The van der Waals surface area contributed by atoms with Gasteiger partial charge in [0.1, 0.15) is 5.76 Å². The summed E-state index contributed by atoms with van der Waals surface area (Å²) in [6.07, 6.45) is 3.33. The van der Waals surface area contributed by atoms with Crippen molar-refractivity contribution in [3.05, 3.63) is 34.3 Å². The zero-order valence-corrected chi connectivity index (χ0v) is 12.6. The molecule has 0 bridgehead atoms. The highest BCUT2D eigenvalue weighted by molar-refractivity contribution is 6.31. The molecule has 3 rings (SSSR count). The van der Waals surface area contributed by atoms with E-state index in [9.17, 15) is 4.39 Å². The minimum atomic E-state index is -0.452. The van der Waals surface area contributed by atoms with Gasteiger partial charge in [-0.3, -0.25) is 0 Å². The van der Waals surface area contributed by atoms with E-state index < -0.39 is 5.82 Å². The van der Waals surface area contributed by atoms with E-state index in [2.05, 4.69) is 19.2 Å². The lowest BCUT2D eigenvalue weighted by atomic mass is 9.99. The number of fused-ring (bicyclic) bond motifs is 1. The maximum atomic E-state index is 14.1. The molecule has 1 aliphatic carbocycles. The van der Waals surface area contributed by atoms with Crippen LogP contribution in [-0.4, -0.2) is 6.04 Å². The Morgan fingerprint density at radius 1 is 1.40 bits per heavy atom. The van der Waals surface area contributed by atoms with E-state index >= 15 is 0 Å². The minimum absolute atomic E-state index is 0.115. The van der Waals surface area contributed by atoms with Crippen molar-refractivity contribution in [2.45, 2.75) is 45.7 Å². The lowest BCUT2D eigenvalue weighted by Crippen LogP contribution is -2.16. The van der Waals surface area contributed by atoms with Crippen LogP contribution in [0.5, 0.6) is 0 Å². The molecule has 0 amide bonds. The topological polar surface area (TPSA) is 25.2 Å². The average molecular weight is 296 g/mol. The van der Waals surface area contributed by atoms with Gasteiger partial charge in [0.15, 0.2) is 11.4 Å². The van der Waals surface area contributed by atoms with E-state index in [-0.39, 0.29) is 5.02 Å². The highest BCUT2D eigenvalue weighted by atomic mass is 35.5. The van der Waals surface area contributed by atoms with Gasteiger partial charge in [-0.2, -0.15) is 0 Å². The van der Waals surface area contributed by atoms with Crippen LogP contribution >= 0.6 is 11.6 Å². The predicted molar refractivity (Wildman–Crippen MR) is 79.6 cm³/mol. The molecule has 0 saturated heterocycles. The third-order valence-corrected chi connectivity index (χ3v) is 3.97. The first-order chi connectivity index (χ1) is 9.56. The molecule has 2 nitrogen and oxygen atoms in total. The maximum Gasteiger partial charge on any atom is 0.184 e. The van der Waals surface area contributed by atoms with Crippen LogP contribution < -0.4 is 5.32 Å². The van der Waals surface area contributed by atoms with E-state index in [1.807, 2.05) is 6.07 Å². The van der Waals surface area contributed by atoms with Crippen LogP contribution in [0.4, 0.5) is 4.39 Å². The largest absolute Gasteiger partial charge is 0.456 e. The predicted octanol–water partition coefficient (Wildman–Crippen LogP) is 4.68. The molecule has 0 spiro atoms. The summed E-state index contributed by atoms with van der Waals surface area (Å²) in [6.45, 7) is 4.98. The van der Waals surface area contributed by atoms with Gasteiger partial charge >= 0.3 is 0 Å². The summed E-state index contributed by atoms with van der Waals surface area (Å²) in [7, 11) is 0. The average Bonchev–Trinajstić information content (AvgIpc) is 3.16. The van der Waals surface area contributed by atoms with E-state index in [0.29, 0.717) is 24.1 Å². The second kappa shape index (κ2) is 5.38. The van der Waals surface area contributed by atoms with Crippen molar-refractivity contribution in [3.8, 4) is 0 Å². The third kappa shape index (κ3) is 2.70. The van der Waals surface area contributed by atoms with Crippen molar-refractivity contribution in [1.29, 1.82) is 0 Å². The molecule has 20 heavy (non-hydrogen) atoms. The minimum Gasteiger partial charge on any atom is -0.456 e. The van der Waals surface area contributed by atoms with Gasteiger partial charge in [0.25, 0.3) is 0 Å². The SMILES string of the molecule is CC(C)Cc1c(CNC2CC2)oc2c(F)c(Cl)ccc12. The first-order valence-electron chi connectivity index (χ1n) is 7.18. The fraction of sp³-hybridized carbons (Fsp3) is 0.500. The van der Waals surface area contributed by atoms with Crippen LogP contribution in [0, 0.1) is 11.7 Å². The van der Waals surface area contributed by atoms with Crippen molar-refractivity contribution >= 4 is 22.6 Å². The number of hydrogen-bond acceptors (Lipinski definition) is 2. The smallest absolute Gasteiger partial charge is 0.184 e.